The van der Waals surface area contributed by atoms with Crippen LogP contribution in [0.3, 0.4) is 0 Å². The highest BCUT2D eigenvalue weighted by atomic mass is 16.5. The minimum absolute atomic E-state index is 0.246. The number of aromatic nitrogens is 4. The van der Waals surface area contributed by atoms with Gasteiger partial charge >= 0.3 is 5.97 Å². The van der Waals surface area contributed by atoms with Crippen LogP contribution >= 0.6 is 0 Å². The Hall–Kier alpha value is -2.68. The molecule has 2 N–H and O–H groups in total. The second-order valence-corrected chi connectivity index (χ2v) is 6.11. The number of carbonyl (C=O) groups is 2. The first-order valence-electron chi connectivity index (χ1n) is 7.98. The largest absolute Gasteiger partial charge is 0.464 e. The lowest BCUT2D eigenvalue weighted by Gasteiger charge is -2.22. The molecule has 0 aliphatic rings. The van der Waals surface area contributed by atoms with Gasteiger partial charge in [0.05, 0.1) is 24.7 Å². The summed E-state index contributed by atoms with van der Waals surface area (Å²) >= 11 is 0. The van der Waals surface area contributed by atoms with Gasteiger partial charge in [-0.25, -0.2) is 4.79 Å². The Balaban J connectivity index is 2.12. The zero-order chi connectivity index (χ0) is 18.6. The fourth-order valence-corrected chi connectivity index (χ4v) is 2.35. The summed E-state index contributed by atoms with van der Waals surface area (Å²) < 4.78 is 8.16. The lowest BCUT2D eigenvalue weighted by Crippen LogP contribution is -2.37. The summed E-state index contributed by atoms with van der Waals surface area (Å²) in [5, 5.41) is 14.0. The fraction of sp³-hybridized carbons (Fsp3) is 0.500. The first-order chi connectivity index (χ1) is 11.8. The van der Waals surface area contributed by atoms with Gasteiger partial charge in [-0.3, -0.25) is 14.2 Å². The molecule has 0 saturated carbocycles. The average molecular weight is 348 g/mol. The number of ether oxygens (including phenoxy) is 1. The number of anilines is 1. The average Bonchev–Trinajstić information content (AvgIpc) is 3.18. The quantitative estimate of drug-likeness (QED) is 0.718. The first-order valence-corrected chi connectivity index (χ1v) is 7.98. The maximum atomic E-state index is 12.5. The van der Waals surface area contributed by atoms with E-state index in [1.807, 2.05) is 0 Å². The van der Waals surface area contributed by atoms with E-state index in [2.05, 4.69) is 20.8 Å². The highest BCUT2D eigenvalue weighted by Gasteiger charge is 2.32. The number of rotatable bonds is 7. The van der Waals surface area contributed by atoms with E-state index in [1.165, 1.54) is 10.9 Å². The molecular formula is C16H24N6O3. The number of aryl methyl sites for hydroxylation is 1. The van der Waals surface area contributed by atoms with Crippen LogP contribution in [0.25, 0.3) is 0 Å². The second kappa shape index (κ2) is 7.47. The summed E-state index contributed by atoms with van der Waals surface area (Å²) in [6, 6.07) is -0.546. The summed E-state index contributed by atoms with van der Waals surface area (Å²) in [4.78, 5) is 24.6. The van der Waals surface area contributed by atoms with Crippen LogP contribution in [0.2, 0.25) is 0 Å². The van der Waals surface area contributed by atoms with Crippen LogP contribution in [-0.4, -0.2) is 45.1 Å². The highest BCUT2D eigenvalue weighted by Crippen LogP contribution is 2.20. The minimum Gasteiger partial charge on any atom is -0.464 e. The standard InChI is InChI=1S/C16H24N6O3/c1-6-25-15(24)16(2,3)22-10-12(8-19-22)20-14(23)13(17-4)11-7-18-21(5)9-11/h7-10,13,17H,6H2,1-5H3,(H,20,23). The molecule has 0 aliphatic carbocycles. The number of carbonyl (C=O) groups excluding carboxylic acids is 2. The minimum atomic E-state index is -0.968. The molecule has 0 radical (unpaired) electrons. The van der Waals surface area contributed by atoms with Crippen molar-refractivity contribution < 1.29 is 14.3 Å². The van der Waals surface area contributed by atoms with Crippen LogP contribution in [0, 0.1) is 0 Å². The summed E-state index contributed by atoms with van der Waals surface area (Å²) in [5.41, 5.74) is 0.276. The smallest absolute Gasteiger partial charge is 0.333 e. The van der Waals surface area contributed by atoms with Gasteiger partial charge in [0.1, 0.15) is 6.04 Å². The van der Waals surface area contributed by atoms with Gasteiger partial charge in [0.15, 0.2) is 5.54 Å². The van der Waals surface area contributed by atoms with Crippen molar-refractivity contribution >= 4 is 17.6 Å². The molecular weight excluding hydrogens is 324 g/mol. The van der Waals surface area contributed by atoms with Gasteiger partial charge in [-0.2, -0.15) is 10.2 Å². The van der Waals surface area contributed by atoms with Crippen molar-refractivity contribution in [1.82, 2.24) is 24.9 Å². The van der Waals surface area contributed by atoms with Gasteiger partial charge in [-0.1, -0.05) is 0 Å². The molecule has 0 aliphatic heterocycles. The number of amides is 1. The van der Waals surface area contributed by atoms with Crippen LogP contribution in [0.15, 0.2) is 24.8 Å². The van der Waals surface area contributed by atoms with Crippen LogP contribution in [-0.2, 0) is 26.9 Å². The maximum absolute atomic E-state index is 12.5. The number of nitrogens with one attached hydrogen (secondary N) is 2. The molecule has 1 amide bonds. The molecule has 25 heavy (non-hydrogen) atoms. The first kappa shape index (κ1) is 18.7. The van der Waals surface area contributed by atoms with Crippen molar-refractivity contribution in [2.24, 2.45) is 7.05 Å². The summed E-state index contributed by atoms with van der Waals surface area (Å²) in [5.74, 6) is -0.636. The van der Waals surface area contributed by atoms with Crippen LogP contribution < -0.4 is 10.6 Å². The zero-order valence-electron chi connectivity index (χ0n) is 15.1. The van der Waals surface area contributed by atoms with E-state index in [0.29, 0.717) is 12.3 Å². The monoisotopic (exact) mass is 348 g/mol. The number of hydrogen-bond donors (Lipinski definition) is 2. The molecule has 9 heteroatoms. The van der Waals surface area contributed by atoms with Gasteiger partial charge in [0.25, 0.3) is 0 Å². The van der Waals surface area contributed by atoms with E-state index < -0.39 is 11.6 Å². The van der Waals surface area contributed by atoms with Gasteiger partial charge in [0, 0.05) is 25.0 Å². The Morgan fingerprint density at radius 1 is 1.28 bits per heavy atom. The molecule has 2 aromatic heterocycles. The molecule has 1 atom stereocenters. The molecule has 2 rings (SSSR count). The fourth-order valence-electron chi connectivity index (χ4n) is 2.35. The van der Waals surface area contributed by atoms with Crippen molar-refractivity contribution in [2.45, 2.75) is 32.4 Å². The normalized spacial score (nSPS) is 12.7. The van der Waals surface area contributed by atoms with Gasteiger partial charge in [-0.05, 0) is 27.8 Å². The molecule has 2 heterocycles. The molecule has 9 nitrogen and oxygen atoms in total. The Bertz CT molecular complexity index is 749. The van der Waals surface area contributed by atoms with Gasteiger partial charge in [0.2, 0.25) is 5.91 Å². The predicted molar refractivity (Wildman–Crippen MR) is 91.8 cm³/mol. The molecule has 0 saturated heterocycles. The Morgan fingerprint density at radius 2 is 2.00 bits per heavy atom. The summed E-state index contributed by atoms with van der Waals surface area (Å²) in [6.07, 6.45) is 6.50. The maximum Gasteiger partial charge on any atom is 0.333 e. The van der Waals surface area contributed by atoms with Crippen LogP contribution in [0.5, 0.6) is 0 Å². The molecule has 136 valence electrons. The van der Waals surface area contributed by atoms with E-state index in [-0.39, 0.29) is 11.9 Å². The highest BCUT2D eigenvalue weighted by molar-refractivity contribution is 5.95. The lowest BCUT2D eigenvalue weighted by molar-refractivity contribution is -0.152. The second-order valence-electron chi connectivity index (χ2n) is 6.11. The molecule has 0 aromatic carbocycles. The Kier molecular flexibility index (Phi) is 5.58. The molecule has 0 bridgehead atoms. The number of nitrogens with zero attached hydrogens (tertiary/aromatic N) is 4. The van der Waals surface area contributed by atoms with E-state index >= 15 is 0 Å². The predicted octanol–water partition coefficient (Wildman–Crippen LogP) is 0.814. The van der Waals surface area contributed by atoms with Crippen molar-refractivity contribution in [3.05, 3.63) is 30.4 Å². The zero-order valence-corrected chi connectivity index (χ0v) is 15.1. The third-order valence-electron chi connectivity index (χ3n) is 3.81. The Morgan fingerprint density at radius 3 is 2.56 bits per heavy atom. The van der Waals surface area contributed by atoms with Gasteiger partial charge < -0.3 is 15.4 Å². The molecule has 0 spiro atoms. The van der Waals surface area contributed by atoms with E-state index in [4.69, 9.17) is 4.74 Å². The summed E-state index contributed by atoms with van der Waals surface area (Å²) in [7, 11) is 3.49. The van der Waals surface area contributed by atoms with Crippen LogP contribution in [0.1, 0.15) is 32.4 Å². The van der Waals surface area contributed by atoms with E-state index in [1.54, 1.807) is 58.1 Å². The molecule has 1 unspecified atom stereocenters. The van der Waals surface area contributed by atoms with Crippen molar-refractivity contribution in [2.75, 3.05) is 19.0 Å². The third kappa shape index (κ3) is 4.05. The van der Waals surface area contributed by atoms with Crippen molar-refractivity contribution in [1.29, 1.82) is 0 Å². The number of likely N-dealkylation sites (N-methyl/N-ethyl adjacent to an activating group) is 1. The number of esters is 1. The van der Waals surface area contributed by atoms with E-state index in [9.17, 15) is 9.59 Å². The number of hydrogen-bond acceptors (Lipinski definition) is 6. The molecule has 2 aromatic rings. The Labute approximate surface area is 146 Å². The van der Waals surface area contributed by atoms with Crippen molar-refractivity contribution in [3.63, 3.8) is 0 Å². The van der Waals surface area contributed by atoms with Crippen LogP contribution in [0.4, 0.5) is 5.69 Å². The SMILES string of the molecule is CCOC(=O)C(C)(C)n1cc(NC(=O)C(NC)c2cnn(C)c2)cn1. The summed E-state index contributed by atoms with van der Waals surface area (Å²) in [6.45, 7) is 5.45. The topological polar surface area (TPSA) is 103 Å². The third-order valence-corrected chi connectivity index (χ3v) is 3.81. The van der Waals surface area contributed by atoms with Crippen molar-refractivity contribution in [3.8, 4) is 0 Å². The van der Waals surface area contributed by atoms with E-state index in [0.717, 1.165) is 5.56 Å². The van der Waals surface area contributed by atoms with Gasteiger partial charge in [-0.15, -0.1) is 0 Å². The lowest BCUT2D eigenvalue weighted by atomic mass is 10.1. The molecule has 0 fully saturated rings.